The topological polar surface area (TPSA) is 98.8 Å². The molecule has 1 aromatic carbocycles. The number of benzene rings is 1. The molecular formula is C19H19FN4O3. The second kappa shape index (κ2) is 9.77. The van der Waals surface area contributed by atoms with Crippen LogP contribution in [-0.4, -0.2) is 37.2 Å². The zero-order valence-corrected chi connectivity index (χ0v) is 14.7. The molecule has 1 amide bonds. The van der Waals surface area contributed by atoms with Gasteiger partial charge in [-0.2, -0.15) is 0 Å². The number of carbonyl (C=O) groups excluding carboxylic acids is 1. The number of amidine groups is 1. The van der Waals surface area contributed by atoms with Crippen LogP contribution in [0.3, 0.4) is 0 Å². The molecule has 0 aliphatic rings. The van der Waals surface area contributed by atoms with Crippen molar-refractivity contribution in [2.45, 2.75) is 6.42 Å². The predicted molar refractivity (Wildman–Crippen MR) is 100 cm³/mol. The van der Waals surface area contributed by atoms with Gasteiger partial charge in [-0.25, -0.2) is 14.4 Å². The highest BCUT2D eigenvalue weighted by molar-refractivity contribution is 6.02. The molecule has 8 heteroatoms. The second-order valence-corrected chi connectivity index (χ2v) is 5.29. The van der Waals surface area contributed by atoms with Crippen LogP contribution in [0, 0.1) is 18.2 Å². The fourth-order valence-corrected chi connectivity index (χ4v) is 2.09. The van der Waals surface area contributed by atoms with E-state index in [0.29, 0.717) is 17.0 Å². The number of carbonyl (C=O) groups is 1. The van der Waals surface area contributed by atoms with Crippen LogP contribution in [-0.2, 0) is 11.2 Å². The summed E-state index contributed by atoms with van der Waals surface area (Å²) in [7, 11) is 1.49. The highest BCUT2D eigenvalue weighted by Crippen LogP contribution is 2.17. The molecule has 0 atom stereocenters. The molecular weight excluding hydrogens is 351 g/mol. The van der Waals surface area contributed by atoms with E-state index in [1.54, 1.807) is 6.07 Å². The van der Waals surface area contributed by atoms with Gasteiger partial charge in [0.2, 0.25) is 0 Å². The van der Waals surface area contributed by atoms with Crippen molar-refractivity contribution in [3.8, 4) is 18.1 Å². The standard InChI is InChI=1S/C19H19FN4O3/c1-3-9-26-15-5-7-17(23-12-15)18(25)24-14-4-6-16(20)13(11-14)8-10-27-19(21)22-2/h1,4-7,11-12H,8-10H2,2H3,(H2,21,22)(H,24,25). The maximum atomic E-state index is 13.9. The van der Waals surface area contributed by atoms with Crippen LogP contribution in [0.2, 0.25) is 0 Å². The summed E-state index contributed by atoms with van der Waals surface area (Å²) in [6.45, 7) is 0.281. The number of hydrogen-bond donors (Lipinski definition) is 2. The Bertz CT molecular complexity index is 860. The van der Waals surface area contributed by atoms with Gasteiger partial charge in [0, 0.05) is 19.2 Å². The lowest BCUT2D eigenvalue weighted by atomic mass is 10.1. The van der Waals surface area contributed by atoms with Crippen LogP contribution in [0.1, 0.15) is 16.1 Å². The van der Waals surface area contributed by atoms with E-state index in [1.807, 2.05) is 0 Å². The molecule has 0 aliphatic carbocycles. The van der Waals surface area contributed by atoms with Gasteiger partial charge in [-0.05, 0) is 35.9 Å². The molecule has 0 bridgehead atoms. The third-order valence-electron chi connectivity index (χ3n) is 3.44. The second-order valence-electron chi connectivity index (χ2n) is 5.29. The maximum absolute atomic E-state index is 13.9. The quantitative estimate of drug-likeness (QED) is 0.441. The van der Waals surface area contributed by atoms with Crippen molar-refractivity contribution in [3.63, 3.8) is 0 Å². The molecule has 1 aromatic heterocycles. The lowest BCUT2D eigenvalue weighted by Crippen LogP contribution is -2.18. The zero-order valence-electron chi connectivity index (χ0n) is 14.7. The number of aromatic nitrogens is 1. The van der Waals surface area contributed by atoms with Gasteiger partial charge in [0.25, 0.3) is 11.9 Å². The average Bonchev–Trinajstić information content (AvgIpc) is 2.68. The molecule has 1 heterocycles. The molecule has 0 radical (unpaired) electrons. The minimum atomic E-state index is -0.435. The van der Waals surface area contributed by atoms with Gasteiger partial charge in [0.1, 0.15) is 23.9 Å². The average molecular weight is 370 g/mol. The van der Waals surface area contributed by atoms with Crippen molar-refractivity contribution in [2.24, 2.45) is 10.7 Å². The minimum absolute atomic E-state index is 0.0283. The number of nitrogens with one attached hydrogen (secondary N) is 1. The van der Waals surface area contributed by atoms with Crippen LogP contribution in [0.15, 0.2) is 41.5 Å². The Kier molecular flexibility index (Phi) is 7.14. The summed E-state index contributed by atoms with van der Waals surface area (Å²) in [6.07, 6.45) is 6.78. The fourth-order valence-electron chi connectivity index (χ4n) is 2.09. The first-order chi connectivity index (χ1) is 13.0. The van der Waals surface area contributed by atoms with E-state index in [4.69, 9.17) is 21.6 Å². The summed E-state index contributed by atoms with van der Waals surface area (Å²) in [5, 5.41) is 2.67. The van der Waals surface area contributed by atoms with Gasteiger partial charge in [0.15, 0.2) is 0 Å². The first-order valence-corrected chi connectivity index (χ1v) is 8.00. The normalized spacial score (nSPS) is 10.8. The molecule has 0 saturated carbocycles. The van der Waals surface area contributed by atoms with Gasteiger partial charge in [-0.15, -0.1) is 6.42 Å². The molecule has 2 rings (SSSR count). The Morgan fingerprint density at radius 1 is 1.41 bits per heavy atom. The van der Waals surface area contributed by atoms with Crippen molar-refractivity contribution in [1.29, 1.82) is 0 Å². The number of pyridine rings is 1. The summed E-state index contributed by atoms with van der Waals surface area (Å²) < 4.78 is 24.2. The number of terminal acetylenes is 1. The third-order valence-corrected chi connectivity index (χ3v) is 3.44. The molecule has 2 aromatic rings. The number of ether oxygens (including phenoxy) is 2. The molecule has 0 spiro atoms. The van der Waals surface area contributed by atoms with E-state index < -0.39 is 11.7 Å². The van der Waals surface area contributed by atoms with Gasteiger partial charge in [0.05, 0.1) is 12.8 Å². The summed E-state index contributed by atoms with van der Waals surface area (Å²) >= 11 is 0. The number of amides is 1. The highest BCUT2D eigenvalue weighted by Gasteiger charge is 2.10. The van der Waals surface area contributed by atoms with Gasteiger partial charge in [-0.3, -0.25) is 4.79 Å². The summed E-state index contributed by atoms with van der Waals surface area (Å²) in [5.41, 5.74) is 6.42. The Morgan fingerprint density at radius 3 is 2.89 bits per heavy atom. The Labute approximate surface area is 156 Å². The lowest BCUT2D eigenvalue weighted by Gasteiger charge is -2.09. The number of halogens is 1. The van der Waals surface area contributed by atoms with Crippen LogP contribution in [0.25, 0.3) is 0 Å². The predicted octanol–water partition coefficient (Wildman–Crippen LogP) is 1.99. The smallest absolute Gasteiger partial charge is 0.281 e. The summed E-state index contributed by atoms with van der Waals surface area (Å²) in [4.78, 5) is 20.0. The van der Waals surface area contributed by atoms with Crippen LogP contribution in [0.4, 0.5) is 10.1 Å². The molecule has 0 saturated heterocycles. The Balaban J connectivity index is 2.00. The van der Waals surface area contributed by atoms with E-state index in [2.05, 4.69) is 21.2 Å². The van der Waals surface area contributed by atoms with E-state index in [9.17, 15) is 9.18 Å². The van der Waals surface area contributed by atoms with Crippen molar-refractivity contribution < 1.29 is 18.7 Å². The molecule has 0 aliphatic heterocycles. The Morgan fingerprint density at radius 2 is 2.22 bits per heavy atom. The van der Waals surface area contributed by atoms with E-state index in [-0.39, 0.29) is 31.4 Å². The van der Waals surface area contributed by atoms with Crippen molar-refractivity contribution in [2.75, 3.05) is 25.6 Å². The third kappa shape index (κ3) is 6.01. The molecule has 140 valence electrons. The Hall–Kier alpha value is -3.60. The van der Waals surface area contributed by atoms with Crippen LogP contribution < -0.4 is 15.8 Å². The molecule has 27 heavy (non-hydrogen) atoms. The van der Waals surface area contributed by atoms with Crippen LogP contribution in [0.5, 0.6) is 5.75 Å². The number of hydrogen-bond acceptors (Lipinski definition) is 5. The number of nitrogens with two attached hydrogens (primary N) is 1. The highest BCUT2D eigenvalue weighted by atomic mass is 19.1. The van der Waals surface area contributed by atoms with Gasteiger partial charge >= 0.3 is 0 Å². The largest absolute Gasteiger partial charge is 0.479 e. The number of anilines is 1. The van der Waals surface area contributed by atoms with E-state index in [1.165, 1.54) is 37.5 Å². The SMILES string of the molecule is C#CCOc1ccc(C(=O)Nc2ccc(F)c(CCO/C(N)=N\C)c2)nc1. The minimum Gasteiger partial charge on any atom is -0.479 e. The lowest BCUT2D eigenvalue weighted by molar-refractivity contribution is 0.102. The first kappa shape index (κ1) is 19.7. The van der Waals surface area contributed by atoms with Crippen molar-refractivity contribution in [3.05, 3.63) is 53.6 Å². The summed E-state index contributed by atoms with van der Waals surface area (Å²) in [5.74, 6) is 1.96. The summed E-state index contributed by atoms with van der Waals surface area (Å²) in [6, 6.07) is 7.38. The van der Waals surface area contributed by atoms with Crippen molar-refractivity contribution in [1.82, 2.24) is 4.98 Å². The molecule has 0 fully saturated rings. The molecule has 3 N–H and O–H groups in total. The van der Waals surface area contributed by atoms with Crippen molar-refractivity contribution >= 4 is 17.6 Å². The zero-order chi connectivity index (χ0) is 19.6. The number of nitrogens with zero attached hydrogens (tertiary/aromatic N) is 2. The molecule has 7 nitrogen and oxygen atoms in total. The fraction of sp³-hybridized carbons (Fsp3) is 0.211. The van der Waals surface area contributed by atoms with Gasteiger partial charge in [-0.1, -0.05) is 5.92 Å². The maximum Gasteiger partial charge on any atom is 0.281 e. The van der Waals surface area contributed by atoms with E-state index in [0.717, 1.165) is 0 Å². The van der Waals surface area contributed by atoms with Gasteiger partial charge < -0.3 is 20.5 Å². The first-order valence-electron chi connectivity index (χ1n) is 8.00. The monoisotopic (exact) mass is 370 g/mol. The molecule has 0 unspecified atom stereocenters. The van der Waals surface area contributed by atoms with E-state index >= 15 is 0 Å². The number of aliphatic imine (C=N–C) groups is 1. The van der Waals surface area contributed by atoms with Crippen LogP contribution >= 0.6 is 0 Å². The number of rotatable bonds is 7.